The molecule has 1 heterocycles. The lowest BCUT2D eigenvalue weighted by molar-refractivity contribution is -0.275. The number of thiophene rings is 1. The fourth-order valence-corrected chi connectivity index (χ4v) is 3.60. The normalized spacial score (nSPS) is 13.2. The SMILES string of the molecule is CNC(c1ccccc1OC(F)(F)F)c1sccc1Br. The van der Waals surface area contributed by atoms with Gasteiger partial charge in [0.1, 0.15) is 5.75 Å². The molecule has 2 nitrogen and oxygen atoms in total. The highest BCUT2D eigenvalue weighted by Crippen LogP contribution is 2.38. The van der Waals surface area contributed by atoms with Crippen molar-refractivity contribution < 1.29 is 17.9 Å². The van der Waals surface area contributed by atoms with E-state index in [1.165, 1.54) is 23.5 Å². The summed E-state index contributed by atoms with van der Waals surface area (Å²) in [6.45, 7) is 0. The number of para-hydroxylation sites is 1. The molecule has 2 rings (SSSR count). The van der Waals surface area contributed by atoms with Crippen LogP contribution in [0.5, 0.6) is 5.75 Å². The van der Waals surface area contributed by atoms with E-state index in [2.05, 4.69) is 26.0 Å². The highest BCUT2D eigenvalue weighted by molar-refractivity contribution is 9.10. The molecule has 108 valence electrons. The van der Waals surface area contributed by atoms with Crippen molar-refractivity contribution in [3.8, 4) is 5.75 Å². The topological polar surface area (TPSA) is 21.3 Å². The van der Waals surface area contributed by atoms with Crippen molar-refractivity contribution in [1.82, 2.24) is 5.32 Å². The lowest BCUT2D eigenvalue weighted by Gasteiger charge is -2.20. The number of hydrogen-bond donors (Lipinski definition) is 1. The maximum Gasteiger partial charge on any atom is 0.573 e. The Kier molecular flexibility index (Phi) is 4.72. The number of alkyl halides is 3. The fourth-order valence-electron chi connectivity index (χ4n) is 1.88. The van der Waals surface area contributed by atoms with Gasteiger partial charge in [0, 0.05) is 14.9 Å². The van der Waals surface area contributed by atoms with Crippen LogP contribution in [-0.2, 0) is 0 Å². The number of rotatable bonds is 4. The van der Waals surface area contributed by atoms with Crippen LogP contribution in [0.25, 0.3) is 0 Å². The number of ether oxygens (including phenoxy) is 1. The van der Waals surface area contributed by atoms with Gasteiger partial charge < -0.3 is 10.1 Å². The van der Waals surface area contributed by atoms with Crippen LogP contribution >= 0.6 is 27.3 Å². The first kappa shape index (κ1) is 15.3. The second-order valence-corrected chi connectivity index (χ2v) is 5.74. The molecule has 1 aromatic carbocycles. The van der Waals surface area contributed by atoms with Gasteiger partial charge in [0.05, 0.1) is 6.04 Å². The molecule has 2 aromatic rings. The molecule has 0 aliphatic carbocycles. The zero-order chi connectivity index (χ0) is 14.8. The van der Waals surface area contributed by atoms with Gasteiger partial charge in [0.2, 0.25) is 0 Å². The van der Waals surface area contributed by atoms with Crippen LogP contribution in [0, 0.1) is 0 Å². The lowest BCUT2D eigenvalue weighted by atomic mass is 10.0. The van der Waals surface area contributed by atoms with Crippen molar-refractivity contribution in [2.24, 2.45) is 0 Å². The summed E-state index contributed by atoms with van der Waals surface area (Å²) >= 11 is 4.86. The monoisotopic (exact) mass is 365 g/mol. The van der Waals surface area contributed by atoms with Crippen LogP contribution in [0.4, 0.5) is 13.2 Å². The summed E-state index contributed by atoms with van der Waals surface area (Å²) < 4.78 is 42.3. The summed E-state index contributed by atoms with van der Waals surface area (Å²) in [5, 5.41) is 4.89. The van der Waals surface area contributed by atoms with Crippen molar-refractivity contribution in [2.45, 2.75) is 12.4 Å². The highest BCUT2D eigenvalue weighted by atomic mass is 79.9. The van der Waals surface area contributed by atoms with Crippen LogP contribution in [-0.4, -0.2) is 13.4 Å². The molecule has 0 saturated heterocycles. The number of hydrogen-bond acceptors (Lipinski definition) is 3. The summed E-state index contributed by atoms with van der Waals surface area (Å²) in [4.78, 5) is 0.894. The summed E-state index contributed by atoms with van der Waals surface area (Å²) in [6, 6.07) is 7.62. The van der Waals surface area contributed by atoms with Crippen molar-refractivity contribution in [3.63, 3.8) is 0 Å². The second-order valence-electron chi connectivity index (χ2n) is 3.94. The van der Waals surface area contributed by atoms with Crippen molar-refractivity contribution in [2.75, 3.05) is 7.05 Å². The molecule has 0 radical (unpaired) electrons. The Hall–Kier alpha value is -1.05. The third-order valence-electron chi connectivity index (χ3n) is 2.65. The molecule has 1 N–H and O–H groups in total. The van der Waals surface area contributed by atoms with E-state index in [4.69, 9.17) is 0 Å². The zero-order valence-electron chi connectivity index (χ0n) is 10.4. The molecular formula is C13H11BrF3NOS. The third-order valence-corrected chi connectivity index (χ3v) is 4.59. The number of nitrogens with one attached hydrogen (secondary N) is 1. The van der Waals surface area contributed by atoms with Crippen molar-refractivity contribution >= 4 is 27.3 Å². The van der Waals surface area contributed by atoms with E-state index < -0.39 is 6.36 Å². The van der Waals surface area contributed by atoms with E-state index in [1.807, 2.05) is 11.4 Å². The van der Waals surface area contributed by atoms with Crippen molar-refractivity contribution in [1.29, 1.82) is 0 Å². The Morgan fingerprint density at radius 1 is 1.25 bits per heavy atom. The summed E-state index contributed by atoms with van der Waals surface area (Å²) in [5.74, 6) is -0.195. The van der Waals surface area contributed by atoms with Gasteiger partial charge in [-0.15, -0.1) is 24.5 Å². The van der Waals surface area contributed by atoms with Gasteiger partial charge in [-0.3, -0.25) is 0 Å². The Morgan fingerprint density at radius 2 is 1.95 bits per heavy atom. The lowest BCUT2D eigenvalue weighted by Crippen LogP contribution is -2.22. The molecule has 1 atom stereocenters. The van der Waals surface area contributed by atoms with E-state index in [0.717, 1.165) is 9.35 Å². The largest absolute Gasteiger partial charge is 0.573 e. The molecule has 0 spiro atoms. The Balaban J connectivity index is 2.43. The smallest absolute Gasteiger partial charge is 0.405 e. The minimum Gasteiger partial charge on any atom is -0.405 e. The van der Waals surface area contributed by atoms with Gasteiger partial charge in [0.25, 0.3) is 0 Å². The van der Waals surface area contributed by atoms with Crippen molar-refractivity contribution in [3.05, 3.63) is 50.6 Å². The minimum atomic E-state index is -4.71. The van der Waals surface area contributed by atoms with E-state index in [-0.39, 0.29) is 11.8 Å². The van der Waals surface area contributed by atoms with E-state index in [0.29, 0.717) is 5.56 Å². The molecule has 20 heavy (non-hydrogen) atoms. The summed E-state index contributed by atoms with van der Waals surface area (Å²) in [5.41, 5.74) is 0.440. The minimum absolute atomic E-state index is 0.195. The fraction of sp³-hybridized carbons (Fsp3) is 0.231. The predicted molar refractivity (Wildman–Crippen MR) is 76.0 cm³/mol. The molecule has 1 unspecified atom stereocenters. The Bertz CT molecular complexity index is 585. The zero-order valence-corrected chi connectivity index (χ0v) is 12.8. The maximum absolute atomic E-state index is 12.5. The quantitative estimate of drug-likeness (QED) is 0.846. The van der Waals surface area contributed by atoms with Crippen LogP contribution in [0.3, 0.4) is 0 Å². The number of benzene rings is 1. The van der Waals surface area contributed by atoms with Gasteiger partial charge >= 0.3 is 6.36 Å². The van der Waals surface area contributed by atoms with Crippen LogP contribution in [0.2, 0.25) is 0 Å². The molecule has 0 amide bonds. The maximum atomic E-state index is 12.5. The highest BCUT2D eigenvalue weighted by Gasteiger charge is 2.33. The molecule has 0 bridgehead atoms. The molecule has 7 heteroatoms. The molecular weight excluding hydrogens is 355 g/mol. The molecule has 0 aliphatic rings. The van der Waals surface area contributed by atoms with E-state index >= 15 is 0 Å². The summed E-state index contributed by atoms with van der Waals surface area (Å²) in [7, 11) is 1.70. The van der Waals surface area contributed by atoms with Crippen LogP contribution in [0.1, 0.15) is 16.5 Å². The average Bonchev–Trinajstić information content (AvgIpc) is 2.77. The first-order chi connectivity index (χ1) is 9.42. The summed E-state index contributed by atoms with van der Waals surface area (Å²) in [6.07, 6.45) is -4.71. The van der Waals surface area contributed by atoms with Crippen LogP contribution in [0.15, 0.2) is 40.2 Å². The van der Waals surface area contributed by atoms with E-state index in [1.54, 1.807) is 19.2 Å². The van der Waals surface area contributed by atoms with Gasteiger partial charge in [-0.05, 0) is 40.5 Å². The molecule has 0 fully saturated rings. The number of halogens is 4. The van der Waals surface area contributed by atoms with Gasteiger partial charge in [-0.25, -0.2) is 0 Å². The molecule has 0 aliphatic heterocycles. The average molecular weight is 366 g/mol. The Morgan fingerprint density at radius 3 is 2.50 bits per heavy atom. The van der Waals surface area contributed by atoms with Gasteiger partial charge in [-0.2, -0.15) is 0 Å². The first-order valence-corrected chi connectivity index (χ1v) is 7.34. The second kappa shape index (κ2) is 6.15. The Labute approximate surface area is 126 Å². The third kappa shape index (κ3) is 3.53. The van der Waals surface area contributed by atoms with E-state index in [9.17, 15) is 13.2 Å². The van der Waals surface area contributed by atoms with Crippen LogP contribution < -0.4 is 10.1 Å². The predicted octanol–water partition coefficient (Wildman–Crippen LogP) is 4.72. The molecule has 1 aromatic heterocycles. The van der Waals surface area contributed by atoms with Gasteiger partial charge in [0.15, 0.2) is 0 Å². The standard InChI is InChI=1S/C13H11BrF3NOS/c1-18-11(12-9(14)6-7-20-12)8-4-2-3-5-10(8)19-13(15,16)17/h2-7,11,18H,1H3. The first-order valence-electron chi connectivity index (χ1n) is 5.67. The molecule has 0 saturated carbocycles. The van der Waals surface area contributed by atoms with Gasteiger partial charge in [-0.1, -0.05) is 18.2 Å².